The standard InChI is InChI=1S/C11H11BN2O3/c1-12(16-17-15)9-5-7-14-11(8-9)10-4-2-3-6-13-10/h2-8,15H,1H3. The summed E-state index contributed by atoms with van der Waals surface area (Å²) in [6, 6.07) is 9.24. The quantitative estimate of drug-likeness (QED) is 0.488. The lowest BCUT2D eigenvalue weighted by atomic mass is 9.64. The fourth-order valence-corrected chi connectivity index (χ4v) is 1.47. The molecular weight excluding hydrogens is 219 g/mol. The Labute approximate surface area is 99.0 Å². The molecule has 0 unspecified atom stereocenters. The Bertz CT molecular complexity index is 481. The highest BCUT2D eigenvalue weighted by atomic mass is 17.5. The first-order valence-electron chi connectivity index (χ1n) is 5.15. The van der Waals surface area contributed by atoms with Gasteiger partial charge >= 0.3 is 6.92 Å². The van der Waals surface area contributed by atoms with E-state index in [9.17, 15) is 0 Å². The first-order valence-corrected chi connectivity index (χ1v) is 5.15. The predicted molar refractivity (Wildman–Crippen MR) is 63.5 cm³/mol. The Morgan fingerprint density at radius 2 is 1.94 bits per heavy atom. The van der Waals surface area contributed by atoms with Crippen LogP contribution in [0.15, 0.2) is 42.7 Å². The van der Waals surface area contributed by atoms with Crippen LogP contribution in [-0.4, -0.2) is 22.1 Å². The van der Waals surface area contributed by atoms with Crippen LogP contribution in [-0.2, 0) is 9.84 Å². The highest BCUT2D eigenvalue weighted by molar-refractivity contribution is 6.65. The van der Waals surface area contributed by atoms with Crippen molar-refractivity contribution < 1.29 is 15.1 Å². The molecule has 0 atom stereocenters. The van der Waals surface area contributed by atoms with Gasteiger partial charge in [-0.15, -0.1) is 0 Å². The van der Waals surface area contributed by atoms with Crippen LogP contribution in [0.5, 0.6) is 0 Å². The molecule has 0 spiro atoms. The van der Waals surface area contributed by atoms with Crippen molar-refractivity contribution in [2.75, 3.05) is 0 Å². The minimum atomic E-state index is -0.384. The van der Waals surface area contributed by atoms with Crippen LogP contribution in [0.25, 0.3) is 11.4 Å². The van der Waals surface area contributed by atoms with E-state index < -0.39 is 0 Å². The molecule has 0 aromatic carbocycles. The summed E-state index contributed by atoms with van der Waals surface area (Å²) >= 11 is 0. The van der Waals surface area contributed by atoms with Crippen LogP contribution < -0.4 is 5.46 Å². The molecule has 0 saturated carbocycles. The molecule has 6 heteroatoms. The normalized spacial score (nSPS) is 10.2. The SMILES string of the molecule is CB(OOO)c1ccnc(-c2ccccn2)c1. The molecule has 2 aromatic heterocycles. The van der Waals surface area contributed by atoms with Gasteiger partial charge in [-0.2, -0.15) is 0 Å². The lowest BCUT2D eigenvalue weighted by molar-refractivity contribution is -0.443. The van der Waals surface area contributed by atoms with Gasteiger partial charge in [-0.3, -0.25) is 14.8 Å². The molecule has 5 nitrogen and oxygen atoms in total. The highest BCUT2D eigenvalue weighted by Gasteiger charge is 2.14. The third-order valence-corrected chi connectivity index (χ3v) is 2.37. The molecule has 2 heterocycles. The molecule has 0 aliphatic rings. The number of hydrogen-bond donors (Lipinski definition) is 1. The molecule has 0 aliphatic carbocycles. The average Bonchev–Trinajstić information content (AvgIpc) is 2.40. The van der Waals surface area contributed by atoms with E-state index in [1.165, 1.54) is 0 Å². The van der Waals surface area contributed by atoms with E-state index in [0.717, 1.165) is 16.9 Å². The van der Waals surface area contributed by atoms with Crippen molar-refractivity contribution in [1.82, 2.24) is 9.97 Å². The van der Waals surface area contributed by atoms with Crippen LogP contribution in [0.2, 0.25) is 6.82 Å². The van der Waals surface area contributed by atoms with E-state index in [0.29, 0.717) is 0 Å². The van der Waals surface area contributed by atoms with Crippen molar-refractivity contribution in [2.45, 2.75) is 6.82 Å². The highest BCUT2D eigenvalue weighted by Crippen LogP contribution is 2.11. The summed E-state index contributed by atoms with van der Waals surface area (Å²) in [5, 5.41) is 11.9. The molecule has 86 valence electrons. The third kappa shape index (κ3) is 2.88. The molecule has 0 bridgehead atoms. The van der Waals surface area contributed by atoms with Gasteiger partial charge in [-0.1, -0.05) is 17.9 Å². The smallest absolute Gasteiger partial charge is 0.269 e. The fourth-order valence-electron chi connectivity index (χ4n) is 1.47. The van der Waals surface area contributed by atoms with E-state index in [1.54, 1.807) is 25.3 Å². The summed E-state index contributed by atoms with van der Waals surface area (Å²) in [5.41, 5.74) is 2.37. The first kappa shape index (κ1) is 11.7. The van der Waals surface area contributed by atoms with Gasteiger partial charge in [0.1, 0.15) is 0 Å². The van der Waals surface area contributed by atoms with Gasteiger partial charge in [0.25, 0.3) is 0 Å². The van der Waals surface area contributed by atoms with Gasteiger partial charge in [0, 0.05) is 12.4 Å². The second kappa shape index (κ2) is 5.54. The van der Waals surface area contributed by atoms with Gasteiger partial charge in [0.15, 0.2) is 0 Å². The summed E-state index contributed by atoms with van der Waals surface area (Å²) < 4.78 is 0. The van der Waals surface area contributed by atoms with Crippen molar-refractivity contribution in [2.24, 2.45) is 0 Å². The van der Waals surface area contributed by atoms with Gasteiger partial charge in [-0.05, 0) is 29.7 Å². The maximum Gasteiger partial charge on any atom is 0.373 e. The largest absolute Gasteiger partial charge is 0.373 e. The zero-order valence-corrected chi connectivity index (χ0v) is 9.28. The van der Waals surface area contributed by atoms with Crippen molar-refractivity contribution in [3.8, 4) is 11.4 Å². The van der Waals surface area contributed by atoms with E-state index in [-0.39, 0.29) is 6.92 Å². The Hall–Kier alpha value is -1.76. The van der Waals surface area contributed by atoms with Crippen molar-refractivity contribution >= 4 is 12.4 Å². The molecule has 17 heavy (non-hydrogen) atoms. The molecule has 0 aliphatic heterocycles. The maximum absolute atomic E-state index is 8.23. The van der Waals surface area contributed by atoms with Gasteiger partial charge in [0.05, 0.1) is 11.4 Å². The average molecular weight is 230 g/mol. The van der Waals surface area contributed by atoms with E-state index in [1.807, 2.05) is 24.3 Å². The zero-order valence-electron chi connectivity index (χ0n) is 9.28. The Kier molecular flexibility index (Phi) is 3.82. The number of hydrogen-bond acceptors (Lipinski definition) is 5. The first-order chi connectivity index (χ1) is 8.31. The molecule has 0 radical (unpaired) electrons. The molecule has 0 saturated heterocycles. The lowest BCUT2D eigenvalue weighted by Gasteiger charge is -2.06. The summed E-state index contributed by atoms with van der Waals surface area (Å²) in [5.74, 6) is 0. The monoisotopic (exact) mass is 230 g/mol. The van der Waals surface area contributed by atoms with Crippen molar-refractivity contribution in [3.05, 3.63) is 42.7 Å². The summed E-state index contributed by atoms with van der Waals surface area (Å²) in [6.07, 6.45) is 3.37. The second-order valence-electron chi connectivity index (χ2n) is 3.50. The van der Waals surface area contributed by atoms with Crippen LogP contribution in [0, 0.1) is 0 Å². The predicted octanol–water partition coefficient (Wildman–Crippen LogP) is 1.39. The van der Waals surface area contributed by atoms with Gasteiger partial charge in [-0.25, -0.2) is 5.26 Å². The summed E-state index contributed by atoms with van der Waals surface area (Å²) in [6.45, 7) is 1.37. The van der Waals surface area contributed by atoms with Gasteiger partial charge < -0.3 is 0 Å². The lowest BCUT2D eigenvalue weighted by Crippen LogP contribution is -2.30. The van der Waals surface area contributed by atoms with Crippen molar-refractivity contribution in [1.29, 1.82) is 0 Å². The molecule has 0 amide bonds. The molecule has 2 rings (SSSR count). The molecule has 0 fully saturated rings. The topological polar surface area (TPSA) is 64.5 Å². The fraction of sp³-hybridized carbons (Fsp3) is 0.0909. The number of aromatic nitrogens is 2. The maximum atomic E-state index is 8.23. The van der Waals surface area contributed by atoms with E-state index >= 15 is 0 Å². The van der Waals surface area contributed by atoms with Crippen molar-refractivity contribution in [3.63, 3.8) is 0 Å². The van der Waals surface area contributed by atoms with Crippen LogP contribution in [0.1, 0.15) is 0 Å². The molecular formula is C11H11BN2O3. The number of nitrogens with zero attached hydrogens (tertiary/aromatic N) is 2. The van der Waals surface area contributed by atoms with E-state index in [4.69, 9.17) is 5.26 Å². The Morgan fingerprint density at radius 3 is 2.65 bits per heavy atom. The second-order valence-corrected chi connectivity index (χ2v) is 3.50. The third-order valence-electron chi connectivity index (χ3n) is 2.37. The van der Waals surface area contributed by atoms with Crippen LogP contribution in [0.3, 0.4) is 0 Å². The zero-order chi connectivity index (χ0) is 12.1. The van der Waals surface area contributed by atoms with Crippen LogP contribution in [0.4, 0.5) is 0 Å². The van der Waals surface area contributed by atoms with E-state index in [2.05, 4.69) is 19.8 Å². The summed E-state index contributed by atoms with van der Waals surface area (Å²) in [7, 11) is 0. The Morgan fingerprint density at radius 1 is 1.12 bits per heavy atom. The number of pyridine rings is 2. The molecule has 2 aromatic rings. The minimum Gasteiger partial charge on any atom is -0.269 e. The number of rotatable bonds is 4. The Balaban J connectivity index is 2.29. The summed E-state index contributed by atoms with van der Waals surface area (Å²) in [4.78, 5) is 13.1. The molecule has 1 N–H and O–H groups in total. The minimum absolute atomic E-state index is 0.384. The van der Waals surface area contributed by atoms with Crippen LogP contribution >= 0.6 is 0 Å². The van der Waals surface area contributed by atoms with Gasteiger partial charge in [0.2, 0.25) is 0 Å².